The second-order valence-electron chi connectivity index (χ2n) is 7.96. The molecule has 1 aliphatic heterocycles. The van der Waals surface area contributed by atoms with Gasteiger partial charge in [-0.05, 0) is 62.9 Å². The van der Waals surface area contributed by atoms with Crippen molar-refractivity contribution in [3.8, 4) is 12.3 Å². The molecule has 1 N–H and O–H groups in total. The highest BCUT2D eigenvalue weighted by Gasteiger charge is 2.21. The molecule has 1 atom stereocenters. The van der Waals surface area contributed by atoms with Crippen molar-refractivity contribution in [3.05, 3.63) is 46.7 Å². The van der Waals surface area contributed by atoms with Crippen LogP contribution < -0.4 is 10.2 Å². The molecule has 0 bridgehead atoms. The smallest absolute Gasteiger partial charge is 0.108 e. The number of nitrogens with zero attached hydrogens (tertiary/aromatic N) is 3. The van der Waals surface area contributed by atoms with E-state index in [0.717, 1.165) is 44.0 Å². The van der Waals surface area contributed by atoms with Gasteiger partial charge in [-0.15, -0.1) is 6.42 Å². The van der Waals surface area contributed by atoms with Gasteiger partial charge in [0.15, 0.2) is 0 Å². The fourth-order valence-electron chi connectivity index (χ4n) is 3.93. The highest BCUT2D eigenvalue weighted by Crippen LogP contribution is 2.30. The quantitative estimate of drug-likeness (QED) is 0.405. The van der Waals surface area contributed by atoms with Crippen LogP contribution in [-0.2, 0) is 6.42 Å². The Morgan fingerprint density at radius 3 is 2.62 bits per heavy atom. The number of allylic oxidation sites excluding steroid dienone is 2. The highest BCUT2D eigenvalue weighted by molar-refractivity contribution is 5.66. The van der Waals surface area contributed by atoms with Crippen LogP contribution in [0.4, 0.5) is 11.4 Å². The van der Waals surface area contributed by atoms with Gasteiger partial charge in [-0.1, -0.05) is 24.5 Å². The first-order chi connectivity index (χ1) is 14.0. The number of rotatable bonds is 8. The van der Waals surface area contributed by atoms with E-state index in [4.69, 9.17) is 6.42 Å². The first-order valence-corrected chi connectivity index (χ1v) is 10.7. The molecule has 3 rings (SSSR count). The molecule has 1 saturated heterocycles. The maximum Gasteiger partial charge on any atom is 0.108 e. The molecule has 0 radical (unpaired) electrons. The van der Waals surface area contributed by atoms with E-state index in [2.05, 4.69) is 58.1 Å². The molecule has 1 fully saturated rings. The van der Waals surface area contributed by atoms with Crippen LogP contribution in [0.25, 0.3) is 0 Å². The predicted molar refractivity (Wildman–Crippen MR) is 126 cm³/mol. The van der Waals surface area contributed by atoms with Crippen molar-refractivity contribution in [1.29, 1.82) is 0 Å². The number of nitrogens with one attached hydrogen (secondary N) is 1. The summed E-state index contributed by atoms with van der Waals surface area (Å²) in [6.45, 7) is 13.9. The fourth-order valence-corrected chi connectivity index (χ4v) is 3.93. The first kappa shape index (κ1) is 21.2. The SMILES string of the molecule is C#C[C@@H](/C=C(/C)N=CC)Nc1cc(C)c(N2CCN(CC3=CC3)CC2)cc1CC. The van der Waals surface area contributed by atoms with Crippen LogP contribution in [-0.4, -0.2) is 49.9 Å². The summed E-state index contributed by atoms with van der Waals surface area (Å²) in [4.78, 5) is 9.42. The lowest BCUT2D eigenvalue weighted by Crippen LogP contribution is -2.46. The number of piperazine rings is 1. The topological polar surface area (TPSA) is 30.9 Å². The van der Waals surface area contributed by atoms with Crippen molar-refractivity contribution in [2.45, 2.75) is 46.6 Å². The van der Waals surface area contributed by atoms with Crippen LogP contribution in [0.5, 0.6) is 0 Å². The standard InChI is InChI=1S/C25H34N4/c1-6-22-17-25(29-13-11-28(12-14-29)18-21-9-10-21)19(4)15-24(22)27-23(7-2)16-20(5)26-8-3/h2,8-9,15-17,23,27H,6,10-14,18H2,1,3-5H3/b20-16-,26-8?/t23-/m0/s1. The van der Waals surface area contributed by atoms with Crippen LogP contribution >= 0.6 is 0 Å². The molecule has 4 heteroatoms. The van der Waals surface area contributed by atoms with Crippen molar-refractivity contribution < 1.29 is 0 Å². The number of hydrogen-bond acceptors (Lipinski definition) is 4. The van der Waals surface area contributed by atoms with Gasteiger partial charge >= 0.3 is 0 Å². The van der Waals surface area contributed by atoms with Gasteiger partial charge in [0.1, 0.15) is 6.04 Å². The molecule has 4 nitrogen and oxygen atoms in total. The molecule has 0 spiro atoms. The summed E-state index contributed by atoms with van der Waals surface area (Å²) in [6.07, 6.45) is 14.1. The predicted octanol–water partition coefficient (Wildman–Crippen LogP) is 4.42. The summed E-state index contributed by atoms with van der Waals surface area (Å²) in [6, 6.07) is 4.44. The number of terminal acetylenes is 1. The molecular weight excluding hydrogens is 356 g/mol. The van der Waals surface area contributed by atoms with Crippen molar-refractivity contribution in [1.82, 2.24) is 4.90 Å². The molecular formula is C25H34N4. The van der Waals surface area contributed by atoms with E-state index in [1.807, 2.05) is 19.9 Å². The van der Waals surface area contributed by atoms with Crippen LogP contribution in [0.3, 0.4) is 0 Å². The Morgan fingerprint density at radius 2 is 2.03 bits per heavy atom. The number of anilines is 2. The lowest BCUT2D eigenvalue weighted by atomic mass is 10.0. The largest absolute Gasteiger partial charge is 0.369 e. The van der Waals surface area contributed by atoms with E-state index in [9.17, 15) is 0 Å². The van der Waals surface area contributed by atoms with Gasteiger partial charge in [-0.2, -0.15) is 0 Å². The number of hydrogen-bond donors (Lipinski definition) is 1. The third-order valence-corrected chi connectivity index (χ3v) is 5.67. The maximum absolute atomic E-state index is 5.77. The Hall–Kier alpha value is -2.51. The molecule has 1 aliphatic carbocycles. The molecule has 1 heterocycles. The zero-order valence-electron chi connectivity index (χ0n) is 18.3. The molecule has 2 aliphatic rings. The molecule has 0 amide bonds. The minimum atomic E-state index is -0.172. The second-order valence-corrected chi connectivity index (χ2v) is 7.96. The van der Waals surface area contributed by atoms with Crippen LogP contribution in [0, 0.1) is 19.3 Å². The maximum atomic E-state index is 5.77. The van der Waals surface area contributed by atoms with Crippen LogP contribution in [0.15, 0.2) is 40.5 Å². The summed E-state index contributed by atoms with van der Waals surface area (Å²) >= 11 is 0. The fraction of sp³-hybridized carbons (Fsp3) is 0.480. The molecule has 1 aromatic rings. The van der Waals surface area contributed by atoms with Gasteiger partial charge in [0.05, 0.1) is 0 Å². The Morgan fingerprint density at radius 1 is 1.31 bits per heavy atom. The zero-order chi connectivity index (χ0) is 20.8. The van der Waals surface area contributed by atoms with E-state index >= 15 is 0 Å². The summed E-state index contributed by atoms with van der Waals surface area (Å²) in [5.41, 5.74) is 7.62. The normalized spacial score (nSPS) is 18.5. The number of aliphatic imine (C=N–C) groups is 1. The molecule has 154 valence electrons. The van der Waals surface area contributed by atoms with Gasteiger partial charge in [-0.25, -0.2) is 0 Å². The Balaban J connectivity index is 1.72. The number of benzene rings is 1. The molecule has 1 aromatic carbocycles. The number of aryl methyl sites for hydroxylation is 2. The van der Waals surface area contributed by atoms with Gasteiger partial charge in [0, 0.05) is 56.0 Å². The Kier molecular flexibility index (Phi) is 7.17. The lowest BCUT2D eigenvalue weighted by Gasteiger charge is -2.37. The van der Waals surface area contributed by atoms with Crippen LogP contribution in [0.2, 0.25) is 0 Å². The minimum absolute atomic E-state index is 0.172. The van der Waals surface area contributed by atoms with Crippen molar-refractivity contribution >= 4 is 17.6 Å². The second kappa shape index (κ2) is 9.80. The molecule has 0 aromatic heterocycles. The minimum Gasteiger partial charge on any atom is -0.369 e. The summed E-state index contributed by atoms with van der Waals surface area (Å²) in [7, 11) is 0. The van der Waals surface area contributed by atoms with Gasteiger partial charge in [0.25, 0.3) is 0 Å². The summed E-state index contributed by atoms with van der Waals surface area (Å²) in [5, 5.41) is 3.52. The van der Waals surface area contributed by atoms with E-state index in [0.29, 0.717) is 0 Å². The highest BCUT2D eigenvalue weighted by atomic mass is 15.3. The lowest BCUT2D eigenvalue weighted by molar-refractivity contribution is 0.280. The van der Waals surface area contributed by atoms with E-state index in [-0.39, 0.29) is 6.04 Å². The van der Waals surface area contributed by atoms with Gasteiger partial charge < -0.3 is 10.2 Å². The zero-order valence-corrected chi connectivity index (χ0v) is 18.3. The van der Waals surface area contributed by atoms with Crippen molar-refractivity contribution in [3.63, 3.8) is 0 Å². The van der Waals surface area contributed by atoms with E-state index < -0.39 is 0 Å². The average molecular weight is 391 g/mol. The Bertz CT molecular complexity index is 848. The molecule has 0 unspecified atom stereocenters. The Labute approximate surface area is 176 Å². The third kappa shape index (κ3) is 5.74. The summed E-state index contributed by atoms with van der Waals surface area (Å²) < 4.78 is 0. The van der Waals surface area contributed by atoms with Gasteiger partial charge in [0.2, 0.25) is 0 Å². The van der Waals surface area contributed by atoms with E-state index in [1.165, 1.54) is 29.8 Å². The van der Waals surface area contributed by atoms with Crippen molar-refractivity contribution in [2.75, 3.05) is 42.9 Å². The van der Waals surface area contributed by atoms with E-state index in [1.54, 1.807) is 11.8 Å². The van der Waals surface area contributed by atoms with Gasteiger partial charge in [-0.3, -0.25) is 9.89 Å². The van der Waals surface area contributed by atoms with Crippen molar-refractivity contribution in [2.24, 2.45) is 4.99 Å². The first-order valence-electron chi connectivity index (χ1n) is 10.7. The van der Waals surface area contributed by atoms with Crippen LogP contribution in [0.1, 0.15) is 38.3 Å². The average Bonchev–Trinajstić information content (AvgIpc) is 3.52. The third-order valence-electron chi connectivity index (χ3n) is 5.67. The molecule has 0 saturated carbocycles. The summed E-state index contributed by atoms with van der Waals surface area (Å²) in [5.74, 6) is 2.83. The molecule has 29 heavy (non-hydrogen) atoms. The monoisotopic (exact) mass is 390 g/mol.